The number of nitrogens with zero attached hydrogens (tertiary/aromatic N) is 1. The number of ether oxygens (including phenoxy) is 2. The molecule has 0 heterocycles. The van der Waals surface area contributed by atoms with Crippen LogP contribution in [0.4, 0.5) is 10.5 Å². The minimum atomic E-state index is -0.777. The van der Waals surface area contributed by atoms with Crippen LogP contribution in [0.5, 0.6) is 5.75 Å². The third kappa shape index (κ3) is 5.34. The third-order valence-corrected chi connectivity index (χ3v) is 3.95. The molecule has 6 nitrogen and oxygen atoms in total. The van der Waals surface area contributed by atoms with Gasteiger partial charge in [0.25, 0.3) is 0 Å². The van der Waals surface area contributed by atoms with Crippen molar-refractivity contribution in [1.82, 2.24) is 0 Å². The second kappa shape index (κ2) is 7.90. The van der Waals surface area contributed by atoms with Gasteiger partial charge in [0.15, 0.2) is 0 Å². The third-order valence-electron chi connectivity index (χ3n) is 1.96. The van der Waals surface area contributed by atoms with Gasteiger partial charge in [0, 0.05) is 0 Å². The molecule has 0 spiro atoms. The Bertz CT molecular complexity index is 406. The molecule has 0 aromatic heterocycles. The van der Waals surface area contributed by atoms with Crippen molar-refractivity contribution in [1.29, 1.82) is 0 Å². The maximum atomic E-state index is 11.2. The van der Waals surface area contributed by atoms with Crippen molar-refractivity contribution in [3.05, 3.63) is 34.4 Å². The summed E-state index contributed by atoms with van der Waals surface area (Å²) in [6, 6.07) is 5.26. The zero-order chi connectivity index (χ0) is 13.4. The number of nitro benzene ring substituents is 1. The molecule has 0 saturated heterocycles. The molecule has 0 aliphatic carbocycles. The van der Waals surface area contributed by atoms with Crippen molar-refractivity contribution in [3.63, 3.8) is 0 Å². The minimum absolute atomic E-state index is 0.0525. The SMILES string of the molecule is C[Te]CCCOC(=O)Oc1ccc([N+](=O)[O-])cc1. The molecule has 7 heteroatoms. The number of carbonyl (C=O) groups excluding carboxylic acids is 1. The van der Waals surface area contributed by atoms with E-state index in [0.29, 0.717) is 6.61 Å². The van der Waals surface area contributed by atoms with E-state index in [1.807, 2.05) is 0 Å². The van der Waals surface area contributed by atoms with Gasteiger partial charge in [-0.15, -0.1) is 0 Å². The van der Waals surface area contributed by atoms with Gasteiger partial charge in [-0.3, -0.25) is 0 Å². The maximum absolute atomic E-state index is 11.2. The quantitative estimate of drug-likeness (QED) is 0.193. The molecule has 0 unspecified atom stereocenters. The second-order valence-corrected chi connectivity index (χ2v) is 6.11. The van der Waals surface area contributed by atoms with Crippen molar-refractivity contribution >= 4 is 32.8 Å². The van der Waals surface area contributed by atoms with E-state index in [-0.39, 0.29) is 32.4 Å². The normalized spacial score (nSPS) is 9.83. The van der Waals surface area contributed by atoms with Gasteiger partial charge >= 0.3 is 115 Å². The summed E-state index contributed by atoms with van der Waals surface area (Å²) in [6.45, 7) is 0.352. The standard InChI is InChI=1S/C11H13NO5Te/c1-18-8-2-7-16-11(13)17-10-5-3-9(4-6-10)12(14)15/h3-6H,2,7-8H2,1H3. The van der Waals surface area contributed by atoms with Crippen LogP contribution in [0.2, 0.25) is 9.44 Å². The van der Waals surface area contributed by atoms with Crippen LogP contribution in [-0.2, 0) is 4.74 Å². The fourth-order valence-electron chi connectivity index (χ4n) is 1.12. The fraction of sp³-hybridized carbons (Fsp3) is 0.364. The summed E-state index contributed by atoms with van der Waals surface area (Å²) in [7, 11) is 0. The molecule has 18 heavy (non-hydrogen) atoms. The first kappa shape index (κ1) is 14.7. The van der Waals surface area contributed by atoms with E-state index >= 15 is 0 Å². The predicted molar refractivity (Wildman–Crippen MR) is 66.1 cm³/mol. The van der Waals surface area contributed by atoms with Gasteiger partial charge in [-0.05, 0) is 0 Å². The molecule has 0 saturated carbocycles. The Kier molecular flexibility index (Phi) is 6.47. The van der Waals surface area contributed by atoms with E-state index in [0.717, 1.165) is 10.9 Å². The Morgan fingerprint density at radius 1 is 1.39 bits per heavy atom. The van der Waals surface area contributed by atoms with Crippen LogP contribution >= 0.6 is 0 Å². The van der Waals surface area contributed by atoms with Crippen LogP contribution in [0.25, 0.3) is 0 Å². The summed E-state index contributed by atoms with van der Waals surface area (Å²) in [5.74, 6) is 0.231. The molecule has 1 aromatic carbocycles. The van der Waals surface area contributed by atoms with E-state index in [9.17, 15) is 14.9 Å². The molecule has 0 radical (unpaired) electrons. The van der Waals surface area contributed by atoms with Crippen molar-refractivity contribution in [2.24, 2.45) is 0 Å². The zero-order valence-electron chi connectivity index (χ0n) is 9.83. The Hall–Kier alpha value is -1.32. The average molecular weight is 367 g/mol. The van der Waals surface area contributed by atoms with Crippen LogP contribution < -0.4 is 4.74 Å². The molecule has 0 aliphatic heterocycles. The summed E-state index contributed by atoms with van der Waals surface area (Å²) < 4.78 is 10.8. The van der Waals surface area contributed by atoms with E-state index < -0.39 is 11.1 Å². The van der Waals surface area contributed by atoms with Gasteiger partial charge in [0.05, 0.1) is 0 Å². The topological polar surface area (TPSA) is 78.7 Å². The molecule has 1 rings (SSSR count). The predicted octanol–water partition coefficient (Wildman–Crippen LogP) is 2.67. The van der Waals surface area contributed by atoms with E-state index in [1.165, 1.54) is 24.3 Å². The second-order valence-electron chi connectivity index (χ2n) is 3.30. The van der Waals surface area contributed by atoms with Gasteiger partial charge in [-0.25, -0.2) is 0 Å². The molecule has 0 atom stereocenters. The summed E-state index contributed by atoms with van der Waals surface area (Å²) in [6.07, 6.45) is 0.0780. The molecule has 0 bridgehead atoms. The molecular weight excluding hydrogens is 354 g/mol. The Labute approximate surface area is 115 Å². The van der Waals surface area contributed by atoms with Crippen molar-refractivity contribution < 1.29 is 19.2 Å². The Balaban J connectivity index is 2.37. The number of non-ortho nitro benzene ring substituents is 1. The van der Waals surface area contributed by atoms with Crippen LogP contribution in [0.15, 0.2) is 24.3 Å². The molecule has 0 fully saturated rings. The number of carbonyl (C=O) groups is 1. The van der Waals surface area contributed by atoms with E-state index in [2.05, 4.69) is 4.97 Å². The summed E-state index contributed by atoms with van der Waals surface area (Å²) >= 11 is 0.0702. The van der Waals surface area contributed by atoms with Crippen LogP contribution in [0, 0.1) is 10.1 Å². The molecule has 98 valence electrons. The summed E-state index contributed by atoms with van der Waals surface area (Å²) in [5.41, 5.74) is -0.0525. The number of hydrogen-bond donors (Lipinski definition) is 0. The number of rotatable bonds is 6. The van der Waals surface area contributed by atoms with Crippen LogP contribution in [0.3, 0.4) is 0 Å². The van der Waals surface area contributed by atoms with E-state index in [1.54, 1.807) is 0 Å². The van der Waals surface area contributed by atoms with Crippen LogP contribution in [-0.4, -0.2) is 38.6 Å². The molecule has 0 amide bonds. The van der Waals surface area contributed by atoms with Crippen molar-refractivity contribution in [2.45, 2.75) is 15.9 Å². The van der Waals surface area contributed by atoms with Crippen molar-refractivity contribution in [3.8, 4) is 5.75 Å². The molecule has 1 aromatic rings. The first-order valence-corrected chi connectivity index (χ1v) is 9.19. The first-order chi connectivity index (χ1) is 8.63. The van der Waals surface area contributed by atoms with Gasteiger partial charge in [0.1, 0.15) is 0 Å². The monoisotopic (exact) mass is 369 g/mol. The first-order valence-electron chi connectivity index (χ1n) is 5.21. The van der Waals surface area contributed by atoms with E-state index in [4.69, 9.17) is 9.47 Å². The average Bonchev–Trinajstić information content (AvgIpc) is 2.35. The number of nitro groups is 1. The van der Waals surface area contributed by atoms with Gasteiger partial charge in [0.2, 0.25) is 0 Å². The Morgan fingerprint density at radius 3 is 2.61 bits per heavy atom. The zero-order valence-corrected chi connectivity index (χ0v) is 12.2. The molecule has 0 N–H and O–H groups in total. The molecular formula is C11H13NO5Te. The van der Waals surface area contributed by atoms with Gasteiger partial charge < -0.3 is 0 Å². The Morgan fingerprint density at radius 2 is 2.06 bits per heavy atom. The summed E-state index contributed by atoms with van der Waals surface area (Å²) in [5, 5.41) is 10.4. The van der Waals surface area contributed by atoms with Crippen LogP contribution in [0.1, 0.15) is 6.42 Å². The fourth-order valence-corrected chi connectivity index (χ4v) is 2.28. The molecule has 0 aliphatic rings. The van der Waals surface area contributed by atoms with Gasteiger partial charge in [-0.1, -0.05) is 0 Å². The number of hydrogen-bond acceptors (Lipinski definition) is 5. The van der Waals surface area contributed by atoms with Crippen molar-refractivity contribution in [2.75, 3.05) is 6.61 Å². The summed E-state index contributed by atoms with van der Waals surface area (Å²) in [4.78, 5) is 23.3. The van der Waals surface area contributed by atoms with Gasteiger partial charge in [-0.2, -0.15) is 0 Å². The number of benzene rings is 1.